The van der Waals surface area contributed by atoms with Gasteiger partial charge in [0.25, 0.3) is 0 Å². The summed E-state index contributed by atoms with van der Waals surface area (Å²) in [6.45, 7) is 5.87. The van der Waals surface area contributed by atoms with Crippen LogP contribution in [0.2, 0.25) is 0 Å². The molecule has 0 spiro atoms. The van der Waals surface area contributed by atoms with E-state index in [2.05, 4.69) is 15.9 Å². The molecule has 1 aromatic rings. The van der Waals surface area contributed by atoms with E-state index in [1.807, 2.05) is 32.9 Å². The Morgan fingerprint density at radius 3 is 2.73 bits per heavy atom. The lowest BCUT2D eigenvalue weighted by Gasteiger charge is -2.11. The van der Waals surface area contributed by atoms with Crippen molar-refractivity contribution in [2.75, 3.05) is 0 Å². The molecule has 0 aliphatic heterocycles. The van der Waals surface area contributed by atoms with Crippen LogP contribution < -0.4 is 0 Å². The van der Waals surface area contributed by atoms with Crippen LogP contribution in [0.4, 0.5) is 0 Å². The number of esters is 1. The topological polar surface area (TPSA) is 26.3 Å². The number of halogens is 1. The van der Waals surface area contributed by atoms with E-state index >= 15 is 0 Å². The van der Waals surface area contributed by atoms with Gasteiger partial charge in [0.1, 0.15) is 0 Å². The molecule has 0 bridgehead atoms. The van der Waals surface area contributed by atoms with Crippen molar-refractivity contribution in [1.29, 1.82) is 0 Å². The summed E-state index contributed by atoms with van der Waals surface area (Å²) >= 11 is 3.27. The van der Waals surface area contributed by atoms with Gasteiger partial charge in [-0.15, -0.1) is 0 Å². The second kappa shape index (κ2) is 5.31. The van der Waals surface area contributed by atoms with Crippen LogP contribution in [0.3, 0.4) is 0 Å². The van der Waals surface area contributed by atoms with Crippen LogP contribution in [0.25, 0.3) is 0 Å². The van der Waals surface area contributed by atoms with Crippen LogP contribution in [-0.2, 0) is 4.74 Å². The fraction of sp³-hybridized carbons (Fsp3) is 0.417. The Balaban J connectivity index is 2.87. The standard InChI is InChI=1S/C12H15BrO2/c1-4-11(13)15-12(14)10-7-5-6-8(2)9(10)3/h5-7,11H,4H2,1-3H3. The van der Waals surface area contributed by atoms with Gasteiger partial charge in [-0.3, -0.25) is 0 Å². The van der Waals surface area contributed by atoms with E-state index in [0.29, 0.717) is 5.56 Å². The summed E-state index contributed by atoms with van der Waals surface area (Å²) in [5, 5.41) is -0.204. The maximum absolute atomic E-state index is 11.7. The monoisotopic (exact) mass is 270 g/mol. The Hall–Kier alpha value is -0.830. The second-order valence-corrected chi connectivity index (χ2v) is 4.49. The number of hydrogen-bond donors (Lipinski definition) is 0. The summed E-state index contributed by atoms with van der Waals surface area (Å²) in [6.07, 6.45) is 0.761. The first-order chi connectivity index (χ1) is 7.06. The van der Waals surface area contributed by atoms with Crippen LogP contribution in [-0.4, -0.2) is 11.0 Å². The fourth-order valence-electron chi connectivity index (χ4n) is 1.24. The second-order valence-electron chi connectivity index (χ2n) is 3.47. The zero-order valence-corrected chi connectivity index (χ0v) is 10.8. The Morgan fingerprint density at radius 2 is 2.13 bits per heavy atom. The number of benzene rings is 1. The average Bonchev–Trinajstić information content (AvgIpc) is 2.21. The van der Waals surface area contributed by atoms with Gasteiger partial charge in [0.2, 0.25) is 0 Å². The molecule has 0 radical (unpaired) electrons. The van der Waals surface area contributed by atoms with E-state index in [0.717, 1.165) is 17.5 Å². The van der Waals surface area contributed by atoms with Gasteiger partial charge < -0.3 is 4.74 Å². The molecular weight excluding hydrogens is 256 g/mol. The van der Waals surface area contributed by atoms with Gasteiger partial charge in [-0.1, -0.05) is 19.1 Å². The van der Waals surface area contributed by atoms with Crippen LogP contribution in [0, 0.1) is 13.8 Å². The molecule has 2 nitrogen and oxygen atoms in total. The Kier molecular flexibility index (Phi) is 4.33. The van der Waals surface area contributed by atoms with Gasteiger partial charge in [0.05, 0.1) is 5.56 Å². The van der Waals surface area contributed by atoms with Crippen molar-refractivity contribution in [2.45, 2.75) is 32.2 Å². The molecular formula is C12H15BrO2. The third-order valence-electron chi connectivity index (χ3n) is 2.38. The molecule has 0 amide bonds. The van der Waals surface area contributed by atoms with Gasteiger partial charge >= 0.3 is 5.97 Å². The van der Waals surface area contributed by atoms with E-state index in [9.17, 15) is 4.79 Å². The molecule has 82 valence electrons. The predicted octanol–water partition coefficient (Wildman–Crippen LogP) is 3.59. The van der Waals surface area contributed by atoms with Crippen molar-refractivity contribution in [3.63, 3.8) is 0 Å². The Labute approximate surface area is 98.8 Å². The third-order valence-corrected chi connectivity index (χ3v) is 3.21. The molecule has 15 heavy (non-hydrogen) atoms. The molecule has 0 saturated heterocycles. The molecule has 0 N–H and O–H groups in total. The van der Waals surface area contributed by atoms with Gasteiger partial charge in [-0.05, 0) is 53.4 Å². The van der Waals surface area contributed by atoms with Crippen molar-refractivity contribution in [1.82, 2.24) is 0 Å². The molecule has 3 heteroatoms. The first-order valence-electron chi connectivity index (χ1n) is 4.97. The van der Waals surface area contributed by atoms with Crippen LogP contribution in [0.5, 0.6) is 0 Å². The lowest BCUT2D eigenvalue weighted by atomic mass is 10.0. The molecule has 1 rings (SSSR count). The highest BCUT2D eigenvalue weighted by Crippen LogP contribution is 2.16. The van der Waals surface area contributed by atoms with Gasteiger partial charge in [-0.25, -0.2) is 4.79 Å². The number of rotatable bonds is 3. The van der Waals surface area contributed by atoms with Crippen molar-refractivity contribution >= 4 is 21.9 Å². The summed E-state index contributed by atoms with van der Waals surface area (Å²) < 4.78 is 5.20. The van der Waals surface area contributed by atoms with Crippen molar-refractivity contribution in [2.24, 2.45) is 0 Å². The average molecular weight is 271 g/mol. The number of carbonyl (C=O) groups is 1. The maximum atomic E-state index is 11.7. The van der Waals surface area contributed by atoms with Crippen LogP contribution >= 0.6 is 15.9 Å². The molecule has 0 fully saturated rings. The maximum Gasteiger partial charge on any atom is 0.339 e. The fourth-order valence-corrected chi connectivity index (χ4v) is 1.40. The Morgan fingerprint density at radius 1 is 1.47 bits per heavy atom. The van der Waals surface area contributed by atoms with E-state index in [1.54, 1.807) is 6.07 Å². The van der Waals surface area contributed by atoms with Crippen molar-refractivity contribution < 1.29 is 9.53 Å². The van der Waals surface area contributed by atoms with E-state index in [4.69, 9.17) is 4.74 Å². The van der Waals surface area contributed by atoms with Gasteiger partial charge in [0.15, 0.2) is 5.01 Å². The van der Waals surface area contributed by atoms with E-state index in [1.165, 1.54) is 0 Å². The van der Waals surface area contributed by atoms with E-state index in [-0.39, 0.29) is 11.0 Å². The molecule has 1 aromatic carbocycles. The minimum atomic E-state index is -0.264. The van der Waals surface area contributed by atoms with E-state index < -0.39 is 0 Å². The summed E-state index contributed by atoms with van der Waals surface area (Å²) in [6, 6.07) is 5.64. The smallest absolute Gasteiger partial charge is 0.339 e. The number of carbonyl (C=O) groups excluding carboxylic acids is 1. The molecule has 0 aliphatic carbocycles. The first kappa shape index (κ1) is 12.2. The first-order valence-corrected chi connectivity index (χ1v) is 5.89. The molecule has 0 heterocycles. The highest BCUT2D eigenvalue weighted by molar-refractivity contribution is 9.09. The third kappa shape index (κ3) is 3.06. The van der Waals surface area contributed by atoms with Crippen molar-refractivity contribution in [3.8, 4) is 0 Å². The Bertz CT molecular complexity index is 361. The molecule has 0 aromatic heterocycles. The number of ether oxygens (including phenoxy) is 1. The highest BCUT2D eigenvalue weighted by Gasteiger charge is 2.14. The molecule has 1 atom stereocenters. The van der Waals surface area contributed by atoms with Gasteiger partial charge in [0, 0.05) is 0 Å². The molecule has 0 saturated carbocycles. The zero-order valence-electron chi connectivity index (χ0n) is 9.21. The van der Waals surface area contributed by atoms with Crippen molar-refractivity contribution in [3.05, 3.63) is 34.9 Å². The lowest BCUT2D eigenvalue weighted by Crippen LogP contribution is -2.13. The summed E-state index contributed by atoms with van der Waals surface area (Å²) in [7, 11) is 0. The normalized spacial score (nSPS) is 12.3. The largest absolute Gasteiger partial charge is 0.447 e. The molecule has 0 aliphatic rings. The SMILES string of the molecule is CCC(Br)OC(=O)c1cccc(C)c1C. The number of hydrogen-bond acceptors (Lipinski definition) is 2. The minimum Gasteiger partial charge on any atom is -0.447 e. The van der Waals surface area contributed by atoms with Crippen LogP contribution in [0.15, 0.2) is 18.2 Å². The summed E-state index contributed by atoms with van der Waals surface area (Å²) in [5.74, 6) is -0.264. The molecule has 1 unspecified atom stereocenters. The minimum absolute atomic E-state index is 0.204. The quantitative estimate of drug-likeness (QED) is 0.620. The predicted molar refractivity (Wildman–Crippen MR) is 64.3 cm³/mol. The van der Waals surface area contributed by atoms with Crippen LogP contribution in [0.1, 0.15) is 34.8 Å². The lowest BCUT2D eigenvalue weighted by molar-refractivity contribution is 0.0463. The summed E-state index contributed by atoms with van der Waals surface area (Å²) in [4.78, 5) is 11.7. The zero-order chi connectivity index (χ0) is 11.4. The highest BCUT2D eigenvalue weighted by atomic mass is 79.9. The number of aryl methyl sites for hydroxylation is 1. The summed E-state index contributed by atoms with van der Waals surface area (Å²) in [5.41, 5.74) is 2.73. The van der Waals surface area contributed by atoms with Gasteiger partial charge in [-0.2, -0.15) is 0 Å². The number of alkyl halides is 1.